The molecule has 33 heavy (non-hydrogen) atoms. The van der Waals surface area contributed by atoms with Crippen molar-refractivity contribution in [3.8, 4) is 5.75 Å². The predicted octanol–water partition coefficient (Wildman–Crippen LogP) is 6.28. The van der Waals surface area contributed by atoms with Gasteiger partial charge in [-0.25, -0.2) is 0 Å². The SMILES string of the molecule is CCCOc1cccc(C(=O)N(Cc2cccc3[nH]ccc23)Cc2cccc3[nH]ccc23)c1. The Bertz CT molecular complexity index is 1320. The van der Waals surface area contributed by atoms with Gasteiger partial charge in [0.2, 0.25) is 0 Å². The second-order valence-electron chi connectivity index (χ2n) is 8.25. The van der Waals surface area contributed by atoms with Crippen molar-refractivity contribution >= 4 is 27.7 Å². The maximum Gasteiger partial charge on any atom is 0.254 e. The first kappa shape index (κ1) is 20.9. The van der Waals surface area contributed by atoms with E-state index in [1.54, 1.807) is 0 Å². The van der Waals surface area contributed by atoms with Gasteiger partial charge in [-0.3, -0.25) is 4.79 Å². The van der Waals surface area contributed by atoms with Crippen LogP contribution in [0.25, 0.3) is 21.8 Å². The zero-order chi connectivity index (χ0) is 22.6. The zero-order valence-corrected chi connectivity index (χ0v) is 18.7. The summed E-state index contributed by atoms with van der Waals surface area (Å²) in [5.74, 6) is 0.708. The van der Waals surface area contributed by atoms with E-state index in [0.717, 1.165) is 45.1 Å². The Morgan fingerprint density at radius 1 is 0.818 bits per heavy atom. The molecular formula is C28H27N3O2. The Hall–Kier alpha value is -3.99. The van der Waals surface area contributed by atoms with Gasteiger partial charge in [-0.05, 0) is 60.0 Å². The molecule has 1 amide bonds. The normalized spacial score (nSPS) is 11.2. The van der Waals surface area contributed by atoms with Gasteiger partial charge in [-0.15, -0.1) is 0 Å². The summed E-state index contributed by atoms with van der Waals surface area (Å²) < 4.78 is 5.78. The number of H-pyrrole nitrogens is 2. The number of aromatic nitrogens is 2. The van der Waals surface area contributed by atoms with Crippen LogP contribution in [0.1, 0.15) is 34.8 Å². The molecule has 5 rings (SSSR count). The minimum absolute atomic E-state index is 0.0166. The molecule has 0 fully saturated rings. The molecule has 0 aliphatic heterocycles. The van der Waals surface area contributed by atoms with Crippen LogP contribution in [0.4, 0.5) is 0 Å². The van der Waals surface area contributed by atoms with E-state index in [1.807, 2.05) is 53.7 Å². The quantitative estimate of drug-likeness (QED) is 0.300. The number of hydrogen-bond acceptors (Lipinski definition) is 2. The molecule has 0 spiro atoms. The highest BCUT2D eigenvalue weighted by Crippen LogP contribution is 2.25. The van der Waals surface area contributed by atoms with E-state index in [1.165, 1.54) is 0 Å². The average Bonchev–Trinajstić information content (AvgIpc) is 3.52. The van der Waals surface area contributed by atoms with Crippen LogP contribution < -0.4 is 4.74 Å². The van der Waals surface area contributed by atoms with E-state index >= 15 is 0 Å². The summed E-state index contributed by atoms with van der Waals surface area (Å²) in [6.07, 6.45) is 4.80. The number of rotatable bonds is 8. The lowest BCUT2D eigenvalue weighted by molar-refractivity contribution is 0.0731. The third-order valence-electron chi connectivity index (χ3n) is 5.93. The van der Waals surface area contributed by atoms with Gasteiger partial charge in [0.25, 0.3) is 5.91 Å². The number of nitrogens with zero attached hydrogens (tertiary/aromatic N) is 1. The first-order chi connectivity index (χ1) is 16.2. The molecule has 5 nitrogen and oxygen atoms in total. The Balaban J connectivity index is 1.51. The molecule has 0 unspecified atom stereocenters. The van der Waals surface area contributed by atoms with E-state index in [2.05, 4.69) is 53.3 Å². The van der Waals surface area contributed by atoms with Crippen molar-refractivity contribution in [2.45, 2.75) is 26.4 Å². The van der Waals surface area contributed by atoms with Gasteiger partial charge in [0.15, 0.2) is 0 Å². The number of hydrogen-bond donors (Lipinski definition) is 2. The fourth-order valence-corrected chi connectivity index (χ4v) is 4.31. The minimum atomic E-state index is -0.0166. The van der Waals surface area contributed by atoms with Crippen LogP contribution in [0.2, 0.25) is 0 Å². The molecule has 0 atom stereocenters. The van der Waals surface area contributed by atoms with Crippen LogP contribution in [0.3, 0.4) is 0 Å². The van der Waals surface area contributed by atoms with Crippen molar-refractivity contribution in [3.05, 3.63) is 102 Å². The standard InChI is InChI=1S/C28H27N3O2/c1-2-16-33-23-9-3-6-20(17-23)28(32)31(18-21-7-4-10-26-24(21)12-14-29-26)19-22-8-5-11-27-25(22)13-15-30-27/h3-15,17,29-30H,2,16,18-19H2,1H3. The van der Waals surface area contributed by atoms with Crippen molar-refractivity contribution in [3.63, 3.8) is 0 Å². The smallest absolute Gasteiger partial charge is 0.254 e. The van der Waals surface area contributed by atoms with E-state index in [-0.39, 0.29) is 5.91 Å². The molecule has 0 bridgehead atoms. The fourth-order valence-electron chi connectivity index (χ4n) is 4.31. The second-order valence-corrected chi connectivity index (χ2v) is 8.25. The fraction of sp³-hybridized carbons (Fsp3) is 0.179. The summed E-state index contributed by atoms with van der Waals surface area (Å²) >= 11 is 0. The van der Waals surface area contributed by atoms with Gasteiger partial charge < -0.3 is 19.6 Å². The average molecular weight is 438 g/mol. The number of nitrogens with one attached hydrogen (secondary N) is 2. The van der Waals surface area contributed by atoms with Crippen LogP contribution in [0.5, 0.6) is 5.75 Å². The molecule has 0 saturated heterocycles. The van der Waals surface area contributed by atoms with Crippen LogP contribution in [-0.2, 0) is 13.1 Å². The van der Waals surface area contributed by atoms with Gasteiger partial charge in [0, 0.05) is 52.9 Å². The Morgan fingerprint density at radius 2 is 1.42 bits per heavy atom. The van der Waals surface area contributed by atoms with Gasteiger partial charge in [0.1, 0.15) is 5.75 Å². The zero-order valence-electron chi connectivity index (χ0n) is 18.7. The maximum absolute atomic E-state index is 13.8. The van der Waals surface area contributed by atoms with E-state index in [9.17, 15) is 4.79 Å². The number of benzene rings is 3. The highest BCUT2D eigenvalue weighted by Gasteiger charge is 2.19. The Labute approximate surface area is 193 Å². The lowest BCUT2D eigenvalue weighted by atomic mass is 10.1. The summed E-state index contributed by atoms with van der Waals surface area (Å²) in [4.78, 5) is 22.2. The number of aromatic amines is 2. The number of ether oxygens (including phenoxy) is 1. The topological polar surface area (TPSA) is 61.1 Å². The van der Waals surface area contributed by atoms with Gasteiger partial charge >= 0.3 is 0 Å². The van der Waals surface area contributed by atoms with E-state index in [0.29, 0.717) is 25.3 Å². The molecule has 5 aromatic rings. The summed E-state index contributed by atoms with van der Waals surface area (Å²) in [5.41, 5.74) is 5.00. The molecule has 2 aromatic heterocycles. The van der Waals surface area contributed by atoms with Crippen molar-refractivity contribution in [1.29, 1.82) is 0 Å². The second kappa shape index (κ2) is 9.25. The Kier molecular flexibility index (Phi) is 5.85. The molecular weight excluding hydrogens is 410 g/mol. The number of carbonyl (C=O) groups excluding carboxylic acids is 1. The molecule has 2 heterocycles. The first-order valence-electron chi connectivity index (χ1n) is 11.3. The predicted molar refractivity (Wildman–Crippen MR) is 132 cm³/mol. The lowest BCUT2D eigenvalue weighted by Crippen LogP contribution is -2.30. The van der Waals surface area contributed by atoms with Crippen LogP contribution in [0, 0.1) is 0 Å². The molecule has 2 N–H and O–H groups in total. The molecule has 3 aromatic carbocycles. The third kappa shape index (κ3) is 4.35. The number of carbonyl (C=O) groups is 1. The van der Waals surface area contributed by atoms with Crippen molar-refractivity contribution in [1.82, 2.24) is 14.9 Å². The number of amides is 1. The molecule has 0 radical (unpaired) electrons. The molecule has 0 saturated carbocycles. The number of fused-ring (bicyclic) bond motifs is 2. The summed E-state index contributed by atoms with van der Waals surface area (Å²) in [6.45, 7) is 3.72. The first-order valence-corrected chi connectivity index (χ1v) is 11.3. The summed E-state index contributed by atoms with van der Waals surface area (Å²) in [5, 5.41) is 2.27. The monoisotopic (exact) mass is 437 g/mol. The molecule has 0 aliphatic rings. The highest BCUT2D eigenvalue weighted by molar-refractivity contribution is 5.95. The van der Waals surface area contributed by atoms with Crippen LogP contribution in [-0.4, -0.2) is 27.4 Å². The lowest BCUT2D eigenvalue weighted by Gasteiger charge is -2.24. The third-order valence-corrected chi connectivity index (χ3v) is 5.93. The van der Waals surface area contributed by atoms with Gasteiger partial charge in [-0.2, -0.15) is 0 Å². The van der Waals surface area contributed by atoms with E-state index < -0.39 is 0 Å². The minimum Gasteiger partial charge on any atom is -0.494 e. The Morgan fingerprint density at radius 3 is 2.03 bits per heavy atom. The summed E-state index contributed by atoms with van der Waals surface area (Å²) in [7, 11) is 0. The van der Waals surface area contributed by atoms with Crippen LogP contribution in [0.15, 0.2) is 85.2 Å². The maximum atomic E-state index is 13.8. The van der Waals surface area contributed by atoms with Crippen molar-refractivity contribution < 1.29 is 9.53 Å². The van der Waals surface area contributed by atoms with Crippen molar-refractivity contribution in [2.24, 2.45) is 0 Å². The van der Waals surface area contributed by atoms with Crippen molar-refractivity contribution in [2.75, 3.05) is 6.61 Å². The molecule has 5 heteroatoms. The molecule has 166 valence electrons. The van der Waals surface area contributed by atoms with Gasteiger partial charge in [-0.1, -0.05) is 37.3 Å². The largest absolute Gasteiger partial charge is 0.494 e. The van der Waals surface area contributed by atoms with E-state index in [4.69, 9.17) is 4.74 Å². The molecule has 0 aliphatic carbocycles. The summed E-state index contributed by atoms with van der Waals surface area (Å²) in [6, 6.07) is 24.0. The van der Waals surface area contributed by atoms with Crippen LogP contribution >= 0.6 is 0 Å². The van der Waals surface area contributed by atoms with Gasteiger partial charge in [0.05, 0.1) is 6.61 Å². The highest BCUT2D eigenvalue weighted by atomic mass is 16.5.